The van der Waals surface area contributed by atoms with Crippen LogP contribution in [0.2, 0.25) is 5.02 Å². The second kappa shape index (κ2) is 7.29. The minimum absolute atomic E-state index is 0.136. The highest BCUT2D eigenvalue weighted by atomic mass is 35.5. The minimum atomic E-state index is -0.344. The van der Waals surface area contributed by atoms with E-state index in [2.05, 4.69) is 5.32 Å². The van der Waals surface area contributed by atoms with Gasteiger partial charge in [-0.15, -0.1) is 0 Å². The van der Waals surface area contributed by atoms with Crippen molar-refractivity contribution in [3.63, 3.8) is 0 Å². The second-order valence-electron chi connectivity index (χ2n) is 6.16. The second-order valence-corrected chi connectivity index (χ2v) is 6.60. The third kappa shape index (κ3) is 3.86. The maximum Gasteiger partial charge on any atom is 0.259 e. The van der Waals surface area contributed by atoms with Gasteiger partial charge in [-0.3, -0.25) is 9.59 Å². The summed E-state index contributed by atoms with van der Waals surface area (Å²) in [6.45, 7) is 2.92. The molecule has 1 aromatic carbocycles. The predicted octanol–water partition coefficient (Wildman–Crippen LogP) is 3.06. The Balaban J connectivity index is 1.84. The number of likely N-dealkylation sites (tertiary alicyclic amines) is 1. The van der Waals surface area contributed by atoms with Crippen LogP contribution >= 0.6 is 11.6 Å². The van der Waals surface area contributed by atoms with Gasteiger partial charge >= 0.3 is 0 Å². The molecule has 25 heavy (non-hydrogen) atoms. The Morgan fingerprint density at radius 3 is 2.60 bits per heavy atom. The molecule has 0 radical (unpaired) electrons. The van der Waals surface area contributed by atoms with Crippen molar-refractivity contribution in [1.82, 2.24) is 4.90 Å². The number of anilines is 1. The molecule has 3 N–H and O–H groups in total. The fraction of sp³-hybridized carbons (Fsp3) is 0.333. The summed E-state index contributed by atoms with van der Waals surface area (Å²) < 4.78 is 5.16. The first-order chi connectivity index (χ1) is 12.0. The highest BCUT2D eigenvalue weighted by molar-refractivity contribution is 6.31. The average Bonchev–Trinajstić information content (AvgIpc) is 3.01. The number of hydrogen-bond acceptors (Lipinski definition) is 4. The molecule has 1 fully saturated rings. The lowest BCUT2D eigenvalue weighted by molar-refractivity contribution is 0.0716. The fourth-order valence-corrected chi connectivity index (χ4v) is 3.06. The first-order valence-electron chi connectivity index (χ1n) is 8.15. The number of furan rings is 1. The monoisotopic (exact) mass is 361 g/mol. The van der Waals surface area contributed by atoms with Crippen molar-refractivity contribution in [3.8, 4) is 0 Å². The Morgan fingerprint density at radius 2 is 1.96 bits per heavy atom. The molecule has 2 amide bonds. The van der Waals surface area contributed by atoms with Gasteiger partial charge in [0, 0.05) is 24.2 Å². The summed E-state index contributed by atoms with van der Waals surface area (Å²) in [5.74, 6) is 0.0310. The van der Waals surface area contributed by atoms with Gasteiger partial charge in [0.1, 0.15) is 5.76 Å². The standard InChI is InChI=1S/C18H20ClN3O3/c1-11-14(6-9-25-11)17(23)21-16-10-12(19)2-3-15(16)18(24)22-7-4-13(20)5-8-22/h2-3,6,9-10,13H,4-5,7-8,20H2,1H3,(H,21,23). The topological polar surface area (TPSA) is 88.6 Å². The number of piperidine rings is 1. The molecule has 3 rings (SSSR count). The van der Waals surface area contributed by atoms with Crippen LogP contribution in [0.25, 0.3) is 0 Å². The molecule has 1 aromatic heterocycles. The van der Waals surface area contributed by atoms with Gasteiger partial charge in [-0.25, -0.2) is 0 Å². The van der Waals surface area contributed by atoms with Gasteiger partial charge in [0.25, 0.3) is 11.8 Å². The normalized spacial score (nSPS) is 15.2. The van der Waals surface area contributed by atoms with Crippen molar-refractivity contribution in [2.45, 2.75) is 25.8 Å². The van der Waals surface area contributed by atoms with Crippen LogP contribution in [0, 0.1) is 6.92 Å². The van der Waals surface area contributed by atoms with Gasteiger partial charge in [0.15, 0.2) is 0 Å². The molecule has 2 heterocycles. The molecule has 1 saturated heterocycles. The van der Waals surface area contributed by atoms with Crippen LogP contribution in [0.1, 0.15) is 39.3 Å². The van der Waals surface area contributed by atoms with Crippen LogP contribution in [0.15, 0.2) is 34.9 Å². The SMILES string of the molecule is Cc1occc1C(=O)Nc1cc(Cl)ccc1C(=O)N1CCC(N)CC1. The molecule has 0 saturated carbocycles. The largest absolute Gasteiger partial charge is 0.469 e. The van der Waals surface area contributed by atoms with E-state index >= 15 is 0 Å². The van der Waals surface area contributed by atoms with E-state index in [1.165, 1.54) is 6.26 Å². The zero-order valence-electron chi connectivity index (χ0n) is 13.9. The maximum atomic E-state index is 12.8. The highest BCUT2D eigenvalue weighted by Crippen LogP contribution is 2.25. The van der Waals surface area contributed by atoms with Gasteiger partial charge in [-0.1, -0.05) is 11.6 Å². The van der Waals surface area contributed by atoms with Crippen molar-refractivity contribution in [3.05, 3.63) is 52.4 Å². The number of nitrogens with two attached hydrogens (primary N) is 1. The summed E-state index contributed by atoms with van der Waals surface area (Å²) in [5.41, 5.74) is 7.12. The van der Waals surface area contributed by atoms with E-state index in [0.29, 0.717) is 40.7 Å². The van der Waals surface area contributed by atoms with E-state index in [-0.39, 0.29) is 17.9 Å². The summed E-state index contributed by atoms with van der Waals surface area (Å²) >= 11 is 6.05. The first kappa shape index (κ1) is 17.5. The Labute approximate surface area is 150 Å². The van der Waals surface area contributed by atoms with Crippen molar-refractivity contribution < 1.29 is 14.0 Å². The number of nitrogens with zero attached hydrogens (tertiary/aromatic N) is 1. The van der Waals surface area contributed by atoms with Crippen LogP contribution in [0.5, 0.6) is 0 Å². The van der Waals surface area contributed by atoms with Crippen molar-refractivity contribution >= 4 is 29.1 Å². The molecule has 6 nitrogen and oxygen atoms in total. The highest BCUT2D eigenvalue weighted by Gasteiger charge is 2.24. The number of carbonyl (C=O) groups is 2. The molecule has 0 bridgehead atoms. The third-order valence-electron chi connectivity index (χ3n) is 4.39. The van der Waals surface area contributed by atoms with Crippen molar-refractivity contribution in [2.75, 3.05) is 18.4 Å². The van der Waals surface area contributed by atoms with Crippen molar-refractivity contribution in [1.29, 1.82) is 0 Å². The van der Waals surface area contributed by atoms with E-state index in [9.17, 15) is 9.59 Å². The van der Waals surface area contributed by atoms with Crippen LogP contribution in [0.3, 0.4) is 0 Å². The molecule has 0 spiro atoms. The van der Waals surface area contributed by atoms with E-state index in [0.717, 1.165) is 12.8 Å². The van der Waals surface area contributed by atoms with E-state index in [4.69, 9.17) is 21.8 Å². The summed E-state index contributed by atoms with van der Waals surface area (Å²) in [6.07, 6.45) is 3.00. The molecule has 1 aliphatic heterocycles. The fourth-order valence-electron chi connectivity index (χ4n) is 2.89. The summed E-state index contributed by atoms with van der Waals surface area (Å²) in [7, 11) is 0. The zero-order valence-corrected chi connectivity index (χ0v) is 14.7. The van der Waals surface area contributed by atoms with Gasteiger partial charge in [0.05, 0.1) is 23.1 Å². The number of rotatable bonds is 3. The first-order valence-corrected chi connectivity index (χ1v) is 8.53. The maximum absolute atomic E-state index is 12.8. The molecule has 0 unspecified atom stereocenters. The van der Waals surface area contributed by atoms with Crippen molar-refractivity contribution in [2.24, 2.45) is 5.73 Å². The molecule has 0 atom stereocenters. The Bertz CT molecular complexity index is 795. The summed E-state index contributed by atoms with van der Waals surface area (Å²) in [5, 5.41) is 3.21. The number of hydrogen-bond donors (Lipinski definition) is 2. The molecular formula is C18H20ClN3O3. The van der Waals surface area contributed by atoms with Crippen LogP contribution in [-0.4, -0.2) is 35.8 Å². The average molecular weight is 362 g/mol. The van der Waals surface area contributed by atoms with E-state index in [1.54, 1.807) is 36.1 Å². The quantitative estimate of drug-likeness (QED) is 0.879. The Morgan fingerprint density at radius 1 is 1.24 bits per heavy atom. The minimum Gasteiger partial charge on any atom is -0.469 e. The zero-order chi connectivity index (χ0) is 18.0. The number of benzene rings is 1. The number of aryl methyl sites for hydroxylation is 1. The van der Waals surface area contributed by atoms with Gasteiger partial charge < -0.3 is 20.4 Å². The summed E-state index contributed by atoms with van der Waals surface area (Å²) in [6, 6.07) is 6.58. The van der Waals surface area contributed by atoms with Crippen LogP contribution in [0.4, 0.5) is 5.69 Å². The molecule has 7 heteroatoms. The lowest BCUT2D eigenvalue weighted by atomic mass is 10.0. The molecule has 2 aromatic rings. The molecular weight excluding hydrogens is 342 g/mol. The smallest absolute Gasteiger partial charge is 0.259 e. The molecule has 1 aliphatic rings. The number of halogens is 1. The predicted molar refractivity (Wildman–Crippen MR) is 96.0 cm³/mol. The van der Waals surface area contributed by atoms with Gasteiger partial charge in [0.2, 0.25) is 0 Å². The number of amides is 2. The third-order valence-corrected chi connectivity index (χ3v) is 4.63. The number of carbonyl (C=O) groups excluding carboxylic acids is 2. The van der Waals surface area contributed by atoms with Gasteiger partial charge in [-0.2, -0.15) is 0 Å². The molecule has 0 aliphatic carbocycles. The lowest BCUT2D eigenvalue weighted by Gasteiger charge is -2.30. The van der Waals surface area contributed by atoms with E-state index in [1.807, 2.05) is 0 Å². The lowest BCUT2D eigenvalue weighted by Crippen LogP contribution is -2.43. The van der Waals surface area contributed by atoms with E-state index < -0.39 is 0 Å². The summed E-state index contributed by atoms with van der Waals surface area (Å²) in [4.78, 5) is 27.0. The van der Waals surface area contributed by atoms with Crippen LogP contribution < -0.4 is 11.1 Å². The molecule has 132 valence electrons. The number of nitrogens with one attached hydrogen (secondary N) is 1. The van der Waals surface area contributed by atoms with Gasteiger partial charge in [-0.05, 0) is 44.0 Å². The van der Waals surface area contributed by atoms with Crippen LogP contribution in [-0.2, 0) is 0 Å². The Hall–Kier alpha value is -2.31. The Kier molecular flexibility index (Phi) is 5.11.